The first-order valence-corrected chi connectivity index (χ1v) is 14.7. The van der Waals surface area contributed by atoms with E-state index in [1.54, 1.807) is 0 Å². The number of aromatic nitrogens is 1. The predicted molar refractivity (Wildman–Crippen MR) is 175 cm³/mol. The van der Waals surface area contributed by atoms with E-state index in [9.17, 15) is 39.9 Å². The van der Waals surface area contributed by atoms with Crippen LogP contribution in [-0.2, 0) is 4.79 Å². The molecule has 1 aliphatic heterocycles. The highest BCUT2D eigenvalue weighted by Crippen LogP contribution is 2.41. The first-order chi connectivity index (χ1) is 22.6. The van der Waals surface area contributed by atoms with Crippen LogP contribution in [0.3, 0.4) is 0 Å². The lowest BCUT2D eigenvalue weighted by atomic mass is 10.0. The normalized spacial score (nSPS) is 13.7. The smallest absolute Gasteiger partial charge is 0.348 e. The standard InChI is InChI=1S/C29H15N7O9S2/c37-25-21(13-15-1-7-18(8-2-15)34(39)40)46-27(31-25)23-22(17-5-11-20(12-6-17)36(43)44)24-26(45-28(23)38)32-29(47-24)33-30-14-16-3-9-19(10-4-16)35(41)42/h1-14H,(H,32,33)/b21-13-,30-14+. The molecule has 3 heterocycles. The lowest BCUT2D eigenvalue weighted by molar-refractivity contribution is -0.385. The predicted octanol–water partition coefficient (Wildman–Crippen LogP) is 6.15. The molecule has 16 nitrogen and oxygen atoms in total. The summed E-state index contributed by atoms with van der Waals surface area (Å²) in [5.74, 6) is -0.648. The Bertz CT molecular complexity index is 2260. The van der Waals surface area contributed by atoms with Crippen molar-refractivity contribution in [2.45, 2.75) is 0 Å². The van der Waals surface area contributed by atoms with Crippen molar-refractivity contribution >= 4 is 78.9 Å². The number of hydrogen-bond donors (Lipinski definition) is 1. The van der Waals surface area contributed by atoms with Crippen LogP contribution in [0.4, 0.5) is 22.2 Å². The number of benzene rings is 3. The molecule has 47 heavy (non-hydrogen) atoms. The Morgan fingerprint density at radius 1 is 0.766 bits per heavy atom. The summed E-state index contributed by atoms with van der Waals surface area (Å²) in [5.41, 5.74) is 3.06. The first-order valence-electron chi connectivity index (χ1n) is 13.1. The Hall–Kier alpha value is -6.40. The van der Waals surface area contributed by atoms with Crippen LogP contribution < -0.4 is 11.1 Å². The molecule has 6 rings (SSSR count). The number of nitro groups is 3. The fraction of sp³-hybridized carbons (Fsp3) is 0. The lowest BCUT2D eigenvalue weighted by Gasteiger charge is -2.08. The van der Waals surface area contributed by atoms with E-state index in [2.05, 4.69) is 20.5 Å². The van der Waals surface area contributed by atoms with Gasteiger partial charge in [-0.25, -0.2) is 9.79 Å². The van der Waals surface area contributed by atoms with Gasteiger partial charge in [-0.05, 0) is 59.2 Å². The summed E-state index contributed by atoms with van der Waals surface area (Å²) in [7, 11) is 0. The zero-order valence-corrected chi connectivity index (χ0v) is 24.9. The van der Waals surface area contributed by atoms with E-state index in [1.165, 1.54) is 85.1 Å². The third kappa shape index (κ3) is 6.39. The van der Waals surface area contributed by atoms with Gasteiger partial charge in [-0.1, -0.05) is 23.1 Å². The van der Waals surface area contributed by atoms with Crippen LogP contribution in [0.1, 0.15) is 16.7 Å². The van der Waals surface area contributed by atoms with Crippen molar-refractivity contribution < 1.29 is 24.0 Å². The third-order valence-corrected chi connectivity index (χ3v) is 8.51. The second-order valence-electron chi connectivity index (χ2n) is 9.50. The van der Waals surface area contributed by atoms with Gasteiger partial charge in [-0.3, -0.25) is 40.6 Å². The van der Waals surface area contributed by atoms with E-state index in [-0.39, 0.29) is 49.0 Å². The van der Waals surface area contributed by atoms with E-state index in [4.69, 9.17) is 4.42 Å². The number of hydrazone groups is 1. The van der Waals surface area contributed by atoms with E-state index < -0.39 is 26.3 Å². The number of nitrogens with zero attached hydrogens (tertiary/aromatic N) is 6. The lowest BCUT2D eigenvalue weighted by Crippen LogP contribution is -2.13. The molecule has 5 aromatic rings. The zero-order valence-electron chi connectivity index (χ0n) is 23.3. The molecule has 18 heteroatoms. The van der Waals surface area contributed by atoms with Gasteiger partial charge in [0.1, 0.15) is 15.3 Å². The highest BCUT2D eigenvalue weighted by atomic mass is 32.2. The van der Waals surface area contributed by atoms with Gasteiger partial charge >= 0.3 is 5.63 Å². The first kappa shape index (κ1) is 30.6. The number of hydrogen-bond acceptors (Lipinski definition) is 14. The van der Waals surface area contributed by atoms with E-state index in [0.29, 0.717) is 21.4 Å². The minimum absolute atomic E-state index is 0.0197. The Morgan fingerprint density at radius 2 is 1.32 bits per heavy atom. The van der Waals surface area contributed by atoms with Crippen LogP contribution in [0.25, 0.3) is 27.6 Å². The average molecular weight is 670 g/mol. The zero-order chi connectivity index (χ0) is 33.2. The molecule has 0 unspecified atom stereocenters. The van der Waals surface area contributed by atoms with Crippen molar-refractivity contribution in [3.8, 4) is 11.1 Å². The number of nitrogens with one attached hydrogen (secondary N) is 1. The largest absolute Gasteiger partial charge is 0.402 e. The van der Waals surface area contributed by atoms with Crippen molar-refractivity contribution in [1.29, 1.82) is 0 Å². The molecule has 0 fully saturated rings. The molecule has 0 aliphatic carbocycles. The van der Waals surface area contributed by atoms with Gasteiger partial charge in [-0.2, -0.15) is 10.1 Å². The molecular weight excluding hydrogens is 654 g/mol. The van der Waals surface area contributed by atoms with Crippen molar-refractivity contribution in [2.75, 3.05) is 5.43 Å². The number of amides is 1. The molecule has 1 aliphatic rings. The number of carbonyl (C=O) groups excluding carboxylic acids is 1. The van der Waals surface area contributed by atoms with Crippen LogP contribution in [0.5, 0.6) is 0 Å². The molecule has 0 bridgehead atoms. The second-order valence-corrected chi connectivity index (χ2v) is 11.5. The minimum atomic E-state index is -0.868. The number of fused-ring (bicyclic) bond motifs is 1. The molecule has 0 saturated carbocycles. The highest BCUT2D eigenvalue weighted by molar-refractivity contribution is 8.19. The van der Waals surface area contributed by atoms with Crippen molar-refractivity contribution in [1.82, 2.24) is 4.98 Å². The number of thioether (sulfide) groups is 1. The molecular formula is C29H15N7O9S2. The summed E-state index contributed by atoms with van der Waals surface area (Å²) in [6, 6.07) is 16.6. The van der Waals surface area contributed by atoms with Crippen LogP contribution >= 0.6 is 23.1 Å². The molecule has 2 aromatic heterocycles. The fourth-order valence-electron chi connectivity index (χ4n) is 4.36. The van der Waals surface area contributed by atoms with E-state index >= 15 is 0 Å². The van der Waals surface area contributed by atoms with Crippen LogP contribution in [-0.4, -0.2) is 36.9 Å². The van der Waals surface area contributed by atoms with Gasteiger partial charge in [-0.15, -0.1) is 0 Å². The Kier molecular flexibility index (Phi) is 8.17. The maximum atomic E-state index is 13.4. The Balaban J connectivity index is 1.38. The summed E-state index contributed by atoms with van der Waals surface area (Å²) >= 11 is 1.95. The molecule has 0 atom stereocenters. The third-order valence-electron chi connectivity index (χ3n) is 6.55. The molecule has 1 amide bonds. The number of rotatable bonds is 9. The van der Waals surface area contributed by atoms with Gasteiger partial charge in [0.05, 0.1) is 25.9 Å². The number of thiazole rings is 1. The van der Waals surface area contributed by atoms with Gasteiger partial charge in [0, 0.05) is 42.0 Å². The van der Waals surface area contributed by atoms with Crippen molar-refractivity contribution in [2.24, 2.45) is 10.1 Å². The molecule has 232 valence electrons. The molecule has 0 spiro atoms. The summed E-state index contributed by atoms with van der Waals surface area (Å²) in [6.45, 7) is 0. The maximum absolute atomic E-state index is 13.4. The SMILES string of the molecule is O=C1N=C(c2c(-c3ccc([N+](=O)[O-])cc3)c3sc(N/N=C/c4ccc([N+](=O)[O-])cc4)nc3oc2=O)S/C1=C\c1ccc([N+](=O)[O-])cc1. The number of nitro benzene ring substituents is 3. The van der Waals surface area contributed by atoms with Gasteiger partial charge in [0.2, 0.25) is 10.8 Å². The molecule has 0 radical (unpaired) electrons. The van der Waals surface area contributed by atoms with Crippen LogP contribution in [0.2, 0.25) is 0 Å². The van der Waals surface area contributed by atoms with E-state index in [1.807, 2.05) is 0 Å². The second kappa shape index (κ2) is 12.5. The number of anilines is 1. The quantitative estimate of drug-likeness (QED) is 0.0807. The fourth-order valence-corrected chi connectivity index (χ4v) is 6.23. The van der Waals surface area contributed by atoms with Gasteiger partial charge < -0.3 is 4.42 Å². The summed E-state index contributed by atoms with van der Waals surface area (Å²) in [4.78, 5) is 66.4. The topological polar surface area (TPSA) is 226 Å². The van der Waals surface area contributed by atoms with E-state index in [0.717, 1.165) is 23.1 Å². The Labute approximate surface area is 269 Å². The van der Waals surface area contributed by atoms with Crippen molar-refractivity contribution in [3.05, 3.63) is 135 Å². The van der Waals surface area contributed by atoms with Gasteiger partial charge in [0.15, 0.2) is 0 Å². The molecule has 3 aromatic carbocycles. The highest BCUT2D eigenvalue weighted by Gasteiger charge is 2.30. The number of aliphatic imine (C=N–C) groups is 1. The van der Waals surface area contributed by atoms with Crippen LogP contribution in [0, 0.1) is 30.3 Å². The monoisotopic (exact) mass is 669 g/mol. The Morgan fingerprint density at radius 3 is 1.89 bits per heavy atom. The average Bonchev–Trinajstić information content (AvgIpc) is 3.62. The summed E-state index contributed by atoms with van der Waals surface area (Å²) in [5, 5.41) is 37.5. The summed E-state index contributed by atoms with van der Waals surface area (Å²) < 4.78 is 5.88. The van der Waals surface area contributed by atoms with Crippen molar-refractivity contribution in [3.63, 3.8) is 0 Å². The molecule has 0 saturated heterocycles. The van der Waals surface area contributed by atoms with Crippen LogP contribution in [0.15, 0.2) is 97.0 Å². The number of carbonyl (C=O) groups is 1. The summed E-state index contributed by atoms with van der Waals surface area (Å²) in [6.07, 6.45) is 2.89. The molecule has 1 N–H and O–H groups in total. The maximum Gasteiger partial charge on any atom is 0.348 e. The number of non-ortho nitro benzene ring substituents is 3. The van der Waals surface area contributed by atoms with Gasteiger partial charge in [0.25, 0.3) is 23.0 Å². The minimum Gasteiger partial charge on any atom is -0.402 e.